The van der Waals surface area contributed by atoms with Crippen molar-refractivity contribution in [3.05, 3.63) is 27.6 Å². The van der Waals surface area contributed by atoms with Crippen LogP contribution in [-0.2, 0) is 0 Å². The third-order valence-corrected chi connectivity index (χ3v) is 1.76. The van der Waals surface area contributed by atoms with Crippen LogP contribution in [-0.4, -0.2) is 10.2 Å². The quantitative estimate of drug-likeness (QED) is 0.576. The van der Waals surface area contributed by atoms with Crippen molar-refractivity contribution in [2.24, 2.45) is 0 Å². The van der Waals surface area contributed by atoms with Gasteiger partial charge in [0.15, 0.2) is 0 Å². The number of nitrogens with zero attached hydrogens (tertiary/aromatic N) is 1. The maximum absolute atomic E-state index is 10.5. The minimum atomic E-state index is -0.517. The molecule has 0 unspecified atom stereocenters. The van der Waals surface area contributed by atoms with Crippen LogP contribution in [0.3, 0.4) is 0 Å². The van der Waals surface area contributed by atoms with Gasteiger partial charge in [-0.2, -0.15) is 0 Å². The van der Waals surface area contributed by atoms with Crippen LogP contribution >= 0.6 is 34.2 Å². The molecule has 0 fully saturated rings. The van der Waals surface area contributed by atoms with Crippen LogP contribution in [0.2, 0.25) is 0 Å². The first-order valence-electron chi connectivity index (χ1n) is 2.51. The summed E-state index contributed by atoms with van der Waals surface area (Å²) in [7, 11) is 0. The Labute approximate surface area is 76.7 Å². The first kappa shape index (κ1) is 7.94. The van der Waals surface area contributed by atoms with Gasteiger partial charge < -0.3 is 0 Å². The zero-order valence-corrected chi connectivity index (χ0v) is 7.76. The molecule has 1 aromatic rings. The van der Waals surface area contributed by atoms with Gasteiger partial charge in [0.25, 0.3) is 5.24 Å². The summed E-state index contributed by atoms with van der Waals surface area (Å²) in [6.45, 7) is 0. The fraction of sp³-hybridized carbons (Fsp3) is 0. The zero-order chi connectivity index (χ0) is 7.56. The van der Waals surface area contributed by atoms with E-state index in [0.29, 0.717) is 5.69 Å². The maximum atomic E-state index is 10.5. The Kier molecular flexibility index (Phi) is 2.62. The summed E-state index contributed by atoms with van der Waals surface area (Å²) in [6.07, 6.45) is 1.59. The van der Waals surface area contributed by atoms with Crippen molar-refractivity contribution >= 4 is 39.4 Å². The van der Waals surface area contributed by atoms with Crippen LogP contribution in [0.25, 0.3) is 0 Å². The molecule has 52 valence electrons. The summed E-state index contributed by atoms with van der Waals surface area (Å²) in [6, 6.07) is 3.38. The van der Waals surface area contributed by atoms with Gasteiger partial charge in [0.1, 0.15) is 5.69 Å². The molecule has 0 saturated carbocycles. The Bertz CT molecular complexity index is 246. The van der Waals surface area contributed by atoms with Crippen LogP contribution in [0.5, 0.6) is 0 Å². The summed E-state index contributed by atoms with van der Waals surface area (Å²) < 4.78 is 0.985. The number of halogens is 2. The van der Waals surface area contributed by atoms with Gasteiger partial charge in [-0.3, -0.25) is 9.78 Å². The third kappa shape index (κ3) is 1.91. The van der Waals surface area contributed by atoms with Crippen molar-refractivity contribution in [2.45, 2.75) is 0 Å². The lowest BCUT2D eigenvalue weighted by Gasteiger charge is -1.90. The maximum Gasteiger partial charge on any atom is 0.270 e. The van der Waals surface area contributed by atoms with Gasteiger partial charge in [-0.1, -0.05) is 0 Å². The molecular weight excluding hydrogens is 264 g/mol. The number of aromatic nitrogens is 1. The van der Waals surface area contributed by atoms with Crippen LogP contribution in [0.4, 0.5) is 0 Å². The number of hydrogen-bond donors (Lipinski definition) is 0. The summed E-state index contributed by atoms with van der Waals surface area (Å²) in [5.74, 6) is 0. The number of rotatable bonds is 1. The second-order valence-electron chi connectivity index (χ2n) is 1.64. The van der Waals surface area contributed by atoms with Crippen molar-refractivity contribution in [2.75, 3.05) is 0 Å². The number of carbonyl (C=O) groups is 1. The smallest absolute Gasteiger partial charge is 0.270 e. The number of hydrogen-bond acceptors (Lipinski definition) is 2. The van der Waals surface area contributed by atoms with Crippen molar-refractivity contribution in [3.63, 3.8) is 0 Å². The molecule has 0 bridgehead atoms. The van der Waals surface area contributed by atoms with E-state index >= 15 is 0 Å². The molecule has 1 rings (SSSR count). The van der Waals surface area contributed by atoms with Gasteiger partial charge in [-0.25, -0.2) is 0 Å². The first-order valence-corrected chi connectivity index (χ1v) is 3.97. The predicted octanol–water partition coefficient (Wildman–Crippen LogP) is 2.07. The Balaban J connectivity index is 3.00. The van der Waals surface area contributed by atoms with Crippen LogP contribution in [0.15, 0.2) is 18.3 Å². The van der Waals surface area contributed by atoms with Crippen molar-refractivity contribution in [3.8, 4) is 0 Å². The van der Waals surface area contributed by atoms with E-state index < -0.39 is 5.24 Å². The van der Waals surface area contributed by atoms with Gasteiger partial charge >= 0.3 is 0 Å². The second kappa shape index (κ2) is 3.30. The molecule has 0 N–H and O–H groups in total. The van der Waals surface area contributed by atoms with E-state index in [0.717, 1.165) is 3.57 Å². The predicted molar refractivity (Wildman–Crippen MR) is 47.1 cm³/mol. The fourth-order valence-corrected chi connectivity index (χ4v) is 0.923. The average Bonchev–Trinajstić information content (AvgIpc) is 1.88. The average molecular weight is 267 g/mol. The van der Waals surface area contributed by atoms with Gasteiger partial charge in [0.2, 0.25) is 0 Å². The molecule has 0 aromatic carbocycles. The molecule has 0 aliphatic rings. The molecule has 0 aliphatic heterocycles. The molecule has 4 heteroatoms. The number of pyridine rings is 1. The Morgan fingerprint density at radius 1 is 1.60 bits per heavy atom. The van der Waals surface area contributed by atoms with E-state index in [4.69, 9.17) is 11.6 Å². The minimum absolute atomic E-state index is 0.294. The summed E-state index contributed by atoms with van der Waals surface area (Å²) in [4.78, 5) is 14.2. The summed E-state index contributed by atoms with van der Waals surface area (Å²) in [5, 5.41) is -0.517. The van der Waals surface area contributed by atoms with Crippen LogP contribution < -0.4 is 0 Å². The van der Waals surface area contributed by atoms with Crippen molar-refractivity contribution < 1.29 is 4.79 Å². The Morgan fingerprint density at radius 2 is 2.30 bits per heavy atom. The molecular formula is C6H3ClINO. The molecule has 0 saturated heterocycles. The highest BCUT2D eigenvalue weighted by atomic mass is 127. The minimum Gasteiger partial charge on any atom is -0.274 e. The Morgan fingerprint density at radius 3 is 2.70 bits per heavy atom. The largest absolute Gasteiger partial charge is 0.274 e. The highest BCUT2D eigenvalue weighted by molar-refractivity contribution is 14.1. The van der Waals surface area contributed by atoms with Crippen molar-refractivity contribution in [1.82, 2.24) is 4.98 Å². The molecule has 0 atom stereocenters. The highest BCUT2D eigenvalue weighted by Crippen LogP contribution is 2.04. The van der Waals surface area contributed by atoms with Gasteiger partial charge in [-0.15, -0.1) is 0 Å². The lowest BCUT2D eigenvalue weighted by molar-refractivity contribution is 0.107. The zero-order valence-electron chi connectivity index (χ0n) is 4.84. The van der Waals surface area contributed by atoms with E-state index in [2.05, 4.69) is 27.6 Å². The molecule has 1 aromatic heterocycles. The molecule has 1 heterocycles. The lowest BCUT2D eigenvalue weighted by atomic mass is 10.4. The molecule has 0 aliphatic carbocycles. The van der Waals surface area contributed by atoms with Crippen LogP contribution in [0, 0.1) is 3.57 Å². The van der Waals surface area contributed by atoms with Crippen molar-refractivity contribution in [1.29, 1.82) is 0 Å². The third-order valence-electron chi connectivity index (χ3n) is 0.929. The molecule has 0 amide bonds. The SMILES string of the molecule is O=C(Cl)c1ccc(I)cn1. The first-order chi connectivity index (χ1) is 4.70. The molecule has 10 heavy (non-hydrogen) atoms. The van der Waals surface area contributed by atoms with E-state index in [9.17, 15) is 4.79 Å². The fourth-order valence-electron chi connectivity index (χ4n) is 0.492. The van der Waals surface area contributed by atoms with E-state index in [1.807, 2.05) is 0 Å². The number of carbonyl (C=O) groups excluding carboxylic acids is 1. The van der Waals surface area contributed by atoms with Gasteiger partial charge in [0.05, 0.1) is 0 Å². The van der Waals surface area contributed by atoms with E-state index in [1.54, 1.807) is 18.3 Å². The summed E-state index contributed by atoms with van der Waals surface area (Å²) in [5.41, 5.74) is 0.294. The Hall–Kier alpha value is -0.160. The monoisotopic (exact) mass is 267 g/mol. The lowest BCUT2D eigenvalue weighted by Crippen LogP contribution is -1.92. The van der Waals surface area contributed by atoms with E-state index in [1.165, 1.54) is 0 Å². The van der Waals surface area contributed by atoms with Gasteiger partial charge in [-0.05, 0) is 46.3 Å². The highest BCUT2D eigenvalue weighted by Gasteiger charge is 2.00. The topological polar surface area (TPSA) is 30.0 Å². The molecule has 2 nitrogen and oxygen atoms in total. The molecule has 0 spiro atoms. The normalized spacial score (nSPS) is 9.40. The summed E-state index contributed by atoms with van der Waals surface area (Å²) >= 11 is 7.25. The van der Waals surface area contributed by atoms with Gasteiger partial charge in [0, 0.05) is 9.77 Å². The van der Waals surface area contributed by atoms with Crippen LogP contribution in [0.1, 0.15) is 10.5 Å². The standard InChI is InChI=1S/C6H3ClINO/c7-6(10)5-2-1-4(8)3-9-5/h1-3H. The second-order valence-corrected chi connectivity index (χ2v) is 3.22. The van der Waals surface area contributed by atoms with E-state index in [-0.39, 0.29) is 0 Å². The molecule has 0 radical (unpaired) electrons.